The Labute approximate surface area is 194 Å². The minimum atomic E-state index is -4.71. The van der Waals surface area contributed by atoms with Gasteiger partial charge in [-0.25, -0.2) is 4.57 Å². The van der Waals surface area contributed by atoms with Crippen LogP contribution in [0.3, 0.4) is 0 Å². The predicted octanol–water partition coefficient (Wildman–Crippen LogP) is 5.46. The van der Waals surface area contributed by atoms with Gasteiger partial charge in [0.15, 0.2) is 0 Å². The van der Waals surface area contributed by atoms with E-state index in [9.17, 15) is 17.7 Å². The molecule has 2 rings (SSSR count). The zero-order valence-corrected chi connectivity index (χ0v) is 20.0. The average Bonchev–Trinajstić information content (AvgIpc) is 3.23. The van der Waals surface area contributed by atoms with Crippen LogP contribution in [0.2, 0.25) is 0 Å². The highest BCUT2D eigenvalue weighted by Gasteiger charge is 2.35. The summed E-state index contributed by atoms with van der Waals surface area (Å²) in [6, 6.07) is 2.67. The summed E-state index contributed by atoms with van der Waals surface area (Å²) < 4.78 is 61.4. The minimum Gasteiger partial charge on any atom is -0.493 e. The van der Waals surface area contributed by atoms with Gasteiger partial charge in [0.1, 0.15) is 15.8 Å². The molecule has 33 heavy (non-hydrogen) atoms. The SMILES string of the molecule is CCCCCCCCCOc1ccc(-c2nnc(C(N)COP(=O)(O)O)s2)cc1C(F)(F)F. The average molecular weight is 512 g/mol. The number of rotatable bonds is 14. The van der Waals surface area contributed by atoms with Gasteiger partial charge >= 0.3 is 14.0 Å². The second kappa shape index (κ2) is 12.8. The first-order valence-electron chi connectivity index (χ1n) is 10.6. The fourth-order valence-corrected chi connectivity index (χ4v) is 4.18. The van der Waals surface area contributed by atoms with Crippen LogP contribution in [0.15, 0.2) is 18.2 Å². The summed E-state index contributed by atoms with van der Waals surface area (Å²) in [5.74, 6) is -0.242. The zero-order valence-electron chi connectivity index (χ0n) is 18.3. The Hall–Kier alpha value is -1.56. The monoisotopic (exact) mass is 511 g/mol. The lowest BCUT2D eigenvalue weighted by Gasteiger charge is -2.15. The van der Waals surface area contributed by atoms with Gasteiger partial charge in [0.25, 0.3) is 0 Å². The number of halogens is 3. The van der Waals surface area contributed by atoms with Crippen LogP contribution in [0.5, 0.6) is 5.75 Å². The van der Waals surface area contributed by atoms with Crippen molar-refractivity contribution in [1.29, 1.82) is 0 Å². The number of ether oxygens (including phenoxy) is 1. The molecule has 1 heterocycles. The molecule has 1 unspecified atom stereocenters. The lowest BCUT2D eigenvalue weighted by atomic mass is 10.1. The Balaban J connectivity index is 2.03. The first kappa shape index (κ1) is 27.7. The number of nitrogens with two attached hydrogens (primary N) is 1. The molecule has 1 aromatic heterocycles. The van der Waals surface area contributed by atoms with E-state index in [1.54, 1.807) is 0 Å². The number of nitrogens with zero attached hydrogens (tertiary/aromatic N) is 2. The first-order valence-corrected chi connectivity index (χ1v) is 13.0. The third-order valence-corrected chi connectivity index (χ3v) is 6.31. The standard InChI is InChI=1S/C20H29F3N3O5PS/c1-2-3-4-5-6-7-8-11-30-17-10-9-14(12-15(17)20(21,22)23)18-25-26-19(33-18)16(24)13-31-32(27,28)29/h9-10,12,16H,2-8,11,13,24H2,1H3,(H2,27,28,29). The molecule has 0 amide bonds. The zero-order chi connectivity index (χ0) is 24.5. The maximum absolute atomic E-state index is 13.6. The third-order valence-electron chi connectivity index (χ3n) is 4.72. The van der Waals surface area contributed by atoms with E-state index < -0.39 is 32.2 Å². The largest absolute Gasteiger partial charge is 0.493 e. The van der Waals surface area contributed by atoms with Crippen molar-refractivity contribution in [2.75, 3.05) is 13.2 Å². The van der Waals surface area contributed by atoms with Crippen LogP contribution in [-0.2, 0) is 15.3 Å². The molecule has 4 N–H and O–H groups in total. The van der Waals surface area contributed by atoms with E-state index in [-0.39, 0.29) is 27.9 Å². The molecule has 0 radical (unpaired) electrons. The normalized spacial score (nSPS) is 13.3. The van der Waals surface area contributed by atoms with Gasteiger partial charge in [-0.2, -0.15) is 13.2 Å². The second-order valence-electron chi connectivity index (χ2n) is 7.52. The van der Waals surface area contributed by atoms with Gasteiger partial charge in [-0.15, -0.1) is 10.2 Å². The molecule has 0 aliphatic rings. The predicted molar refractivity (Wildman–Crippen MR) is 119 cm³/mol. The quantitative estimate of drug-likeness (QED) is 0.225. The molecule has 0 bridgehead atoms. The third kappa shape index (κ3) is 9.68. The van der Waals surface area contributed by atoms with Crippen LogP contribution in [0.1, 0.15) is 68.5 Å². The van der Waals surface area contributed by atoms with E-state index >= 15 is 0 Å². The van der Waals surface area contributed by atoms with Crippen molar-refractivity contribution >= 4 is 19.2 Å². The number of phosphoric ester groups is 1. The molecule has 13 heteroatoms. The highest BCUT2D eigenvalue weighted by atomic mass is 32.1. The van der Waals surface area contributed by atoms with Crippen molar-refractivity contribution in [2.24, 2.45) is 5.73 Å². The molecule has 0 aliphatic heterocycles. The lowest BCUT2D eigenvalue weighted by Crippen LogP contribution is -2.16. The van der Waals surface area contributed by atoms with Crippen molar-refractivity contribution in [3.8, 4) is 16.3 Å². The van der Waals surface area contributed by atoms with Gasteiger partial charge in [-0.3, -0.25) is 4.52 Å². The highest BCUT2D eigenvalue weighted by molar-refractivity contribution is 7.46. The molecule has 1 atom stereocenters. The van der Waals surface area contributed by atoms with Crippen molar-refractivity contribution in [2.45, 2.75) is 64.1 Å². The number of hydrogen-bond acceptors (Lipinski definition) is 7. The summed E-state index contributed by atoms with van der Waals surface area (Å²) in [5.41, 5.74) is 5.04. The van der Waals surface area contributed by atoms with Crippen molar-refractivity contribution in [3.63, 3.8) is 0 Å². The van der Waals surface area contributed by atoms with Crippen LogP contribution in [-0.4, -0.2) is 33.2 Å². The molecule has 2 aromatic rings. The van der Waals surface area contributed by atoms with Crippen LogP contribution in [0.25, 0.3) is 10.6 Å². The van der Waals surface area contributed by atoms with E-state index in [0.717, 1.165) is 43.1 Å². The number of phosphoric acid groups is 1. The first-order chi connectivity index (χ1) is 15.5. The van der Waals surface area contributed by atoms with Gasteiger partial charge in [0.2, 0.25) is 0 Å². The van der Waals surface area contributed by atoms with E-state index in [4.69, 9.17) is 20.3 Å². The van der Waals surface area contributed by atoms with E-state index in [2.05, 4.69) is 21.6 Å². The smallest absolute Gasteiger partial charge is 0.469 e. The summed E-state index contributed by atoms with van der Waals surface area (Å²) in [6.07, 6.45) is 2.65. The summed E-state index contributed by atoms with van der Waals surface area (Å²) >= 11 is 0.914. The van der Waals surface area contributed by atoms with Crippen molar-refractivity contribution in [1.82, 2.24) is 10.2 Å². The maximum Gasteiger partial charge on any atom is 0.469 e. The Morgan fingerprint density at radius 1 is 1.12 bits per heavy atom. The number of hydrogen-bond donors (Lipinski definition) is 3. The second-order valence-corrected chi connectivity index (χ2v) is 9.77. The fourth-order valence-electron chi connectivity index (χ4n) is 3.00. The van der Waals surface area contributed by atoms with Gasteiger partial charge < -0.3 is 20.3 Å². The highest BCUT2D eigenvalue weighted by Crippen LogP contribution is 2.40. The number of aromatic nitrogens is 2. The summed E-state index contributed by atoms with van der Waals surface area (Å²) in [6.45, 7) is 1.83. The molecule has 0 saturated carbocycles. The molecule has 1 aromatic carbocycles. The summed E-state index contributed by atoms with van der Waals surface area (Å²) in [5, 5.41) is 8.01. The Bertz CT molecular complexity index is 923. The molecule has 186 valence electrons. The summed E-state index contributed by atoms with van der Waals surface area (Å²) in [7, 11) is -4.71. The Morgan fingerprint density at radius 2 is 1.79 bits per heavy atom. The molecule has 0 aliphatic carbocycles. The number of unbranched alkanes of at least 4 members (excludes halogenated alkanes) is 6. The number of alkyl halides is 3. The van der Waals surface area contributed by atoms with Crippen LogP contribution in [0.4, 0.5) is 13.2 Å². The minimum absolute atomic E-state index is 0.172. The molecular weight excluding hydrogens is 482 g/mol. The molecule has 0 spiro atoms. The fraction of sp³-hybridized carbons (Fsp3) is 0.600. The van der Waals surface area contributed by atoms with Crippen LogP contribution < -0.4 is 10.5 Å². The van der Waals surface area contributed by atoms with Gasteiger partial charge in [-0.05, 0) is 24.6 Å². The van der Waals surface area contributed by atoms with Crippen LogP contribution >= 0.6 is 19.2 Å². The maximum atomic E-state index is 13.6. The summed E-state index contributed by atoms with van der Waals surface area (Å²) in [4.78, 5) is 17.5. The lowest BCUT2D eigenvalue weighted by molar-refractivity contribution is -0.138. The van der Waals surface area contributed by atoms with E-state index in [1.807, 2.05) is 0 Å². The van der Waals surface area contributed by atoms with Gasteiger partial charge in [-0.1, -0.05) is 56.8 Å². The Morgan fingerprint density at radius 3 is 2.42 bits per heavy atom. The number of benzene rings is 1. The Kier molecular flexibility index (Phi) is 10.7. The van der Waals surface area contributed by atoms with E-state index in [0.29, 0.717) is 6.42 Å². The molecule has 0 saturated heterocycles. The molecule has 0 fully saturated rings. The topological polar surface area (TPSA) is 128 Å². The molecule has 8 nitrogen and oxygen atoms in total. The van der Waals surface area contributed by atoms with Gasteiger partial charge in [0, 0.05) is 5.56 Å². The van der Waals surface area contributed by atoms with Gasteiger partial charge in [0.05, 0.1) is 24.8 Å². The van der Waals surface area contributed by atoms with Crippen LogP contribution in [0, 0.1) is 0 Å². The van der Waals surface area contributed by atoms with Crippen molar-refractivity contribution in [3.05, 3.63) is 28.8 Å². The van der Waals surface area contributed by atoms with E-state index in [1.165, 1.54) is 25.0 Å². The van der Waals surface area contributed by atoms with Crippen molar-refractivity contribution < 1.29 is 36.8 Å². The molecular formula is C20H29F3N3O5PS.